The number of Topliss-reactive ketones (excluding diaryl/α,β-unsaturated/α-hetero) is 2. The van der Waals surface area contributed by atoms with Crippen molar-refractivity contribution in [1.82, 2.24) is 9.97 Å². The summed E-state index contributed by atoms with van der Waals surface area (Å²) in [7, 11) is 0. The lowest BCUT2D eigenvalue weighted by atomic mass is 9.95. The number of esters is 1. The first-order chi connectivity index (χ1) is 15.4. The van der Waals surface area contributed by atoms with E-state index < -0.39 is 5.97 Å². The number of H-pyrrole nitrogens is 1. The Hall–Kier alpha value is -3.01. The Kier molecular flexibility index (Phi) is 20.4. The molecule has 0 aliphatic rings. The highest BCUT2D eigenvalue weighted by atomic mass is 35.5. The number of carbonyl (C=O) groups is 3. The molecule has 1 heterocycles. The van der Waals surface area contributed by atoms with Crippen LogP contribution in [0.2, 0.25) is 0 Å². The van der Waals surface area contributed by atoms with Crippen LogP contribution >= 0.6 is 12.4 Å². The van der Waals surface area contributed by atoms with Crippen molar-refractivity contribution in [3.05, 3.63) is 39.8 Å². The highest BCUT2D eigenvalue weighted by Gasteiger charge is 2.18. The van der Waals surface area contributed by atoms with Crippen LogP contribution in [0.1, 0.15) is 92.8 Å². The molecule has 4 N–H and O–H groups in total. The third kappa shape index (κ3) is 16.6. The van der Waals surface area contributed by atoms with E-state index >= 15 is 0 Å². The molecule has 0 unspecified atom stereocenters. The van der Waals surface area contributed by atoms with Gasteiger partial charge in [0.1, 0.15) is 23.2 Å². The van der Waals surface area contributed by atoms with Crippen molar-refractivity contribution in [2.75, 3.05) is 13.2 Å². The molecule has 0 fully saturated rings. The van der Waals surface area contributed by atoms with E-state index in [1.807, 2.05) is 41.5 Å². The molecule has 10 nitrogen and oxygen atoms in total. The van der Waals surface area contributed by atoms with Gasteiger partial charge in [0, 0.05) is 17.0 Å². The van der Waals surface area contributed by atoms with Crippen LogP contribution in [0.3, 0.4) is 0 Å². The van der Waals surface area contributed by atoms with Gasteiger partial charge >= 0.3 is 5.97 Å². The Morgan fingerprint density at radius 2 is 1.56 bits per heavy atom. The quantitative estimate of drug-likeness (QED) is 0.0710. The average molecular weight is 533 g/mol. The van der Waals surface area contributed by atoms with Gasteiger partial charge in [0.25, 0.3) is 5.56 Å². The average Bonchev–Trinajstić information content (AvgIpc) is 2.67. The summed E-state index contributed by atoms with van der Waals surface area (Å²) < 4.78 is 9.50. The molecule has 0 radical (unpaired) electrons. The van der Waals surface area contributed by atoms with E-state index in [9.17, 15) is 19.2 Å². The molecule has 0 aliphatic heterocycles. The second-order valence-electron chi connectivity index (χ2n) is 9.21. The van der Waals surface area contributed by atoms with E-state index in [0.717, 1.165) is 6.26 Å². The zero-order valence-corrected chi connectivity index (χ0v) is 23.3. The van der Waals surface area contributed by atoms with Gasteiger partial charge in [0.05, 0.1) is 19.0 Å². The fourth-order valence-corrected chi connectivity index (χ4v) is 1.68. The number of hydrogen-bond acceptors (Lipinski definition) is 8. The Morgan fingerprint density at radius 1 is 1.08 bits per heavy atom. The zero-order valence-electron chi connectivity index (χ0n) is 22.5. The van der Waals surface area contributed by atoms with E-state index in [2.05, 4.69) is 14.7 Å². The molecule has 1 aromatic rings. The number of hydrogen-bond donors (Lipinski definition) is 3. The lowest BCUT2D eigenvalue weighted by molar-refractivity contribution is -0.140. The van der Waals surface area contributed by atoms with Gasteiger partial charge in [-0.1, -0.05) is 49.0 Å². The van der Waals surface area contributed by atoms with Crippen LogP contribution in [-0.4, -0.2) is 46.6 Å². The summed E-state index contributed by atoms with van der Waals surface area (Å²) >= 11 is 0. The van der Waals surface area contributed by atoms with Crippen LogP contribution in [0.5, 0.6) is 0 Å². The predicted molar refractivity (Wildman–Crippen MR) is 146 cm³/mol. The number of carbonyl (C=O) groups excluding carboxylic acids is 3. The Balaban J connectivity index is -0.000000218. The molecule has 0 aliphatic carbocycles. The normalized spacial score (nSPS) is 10.6. The van der Waals surface area contributed by atoms with Crippen LogP contribution in [0, 0.1) is 10.8 Å². The van der Waals surface area contributed by atoms with Crippen molar-refractivity contribution in [1.29, 1.82) is 5.41 Å². The van der Waals surface area contributed by atoms with E-state index in [4.69, 9.17) is 15.9 Å². The summed E-state index contributed by atoms with van der Waals surface area (Å²) in [5.74, 6) is -0.422. The maximum absolute atomic E-state index is 11.4. The maximum atomic E-state index is 11.4. The minimum absolute atomic E-state index is 0. The van der Waals surface area contributed by atoms with Gasteiger partial charge in [-0.05, 0) is 27.7 Å². The minimum Gasteiger partial charge on any atom is -0.500 e. The van der Waals surface area contributed by atoms with E-state index in [0.29, 0.717) is 12.4 Å². The van der Waals surface area contributed by atoms with Gasteiger partial charge in [-0.25, -0.2) is 9.78 Å². The molecule has 208 valence electrons. The van der Waals surface area contributed by atoms with E-state index in [-0.39, 0.29) is 71.4 Å². The standard InChI is InChI=1S/C10H14N2O2.C9H14O4.C5H12N2.CH4.ClH/c1-6(13)7-5-11-9(10(2,3)4)12-8(7)14;1-4-12-6-8(7(3)10)9(11)13-5-2;1-5(2,3)4(6)7;;/h5H,1-4H3,(H,11,12,14);6H,4-5H2,1-3H3;1-3H3,(H3,6,7);1H4;1H/b;8-6-;;;. The minimum atomic E-state index is -0.636. The SMILES string of the molecule is C.CC(=O)c1cnc(C(C)(C)C)[nH]c1=O.CC(C)(C)C(=N)N.CCO/C=C(/C(C)=O)C(=O)OCC.Cl. The number of halogens is 1. The fourth-order valence-electron chi connectivity index (χ4n) is 1.68. The Labute approximate surface area is 221 Å². The number of nitrogens with two attached hydrogens (primary N) is 1. The predicted octanol–water partition coefficient (Wildman–Crippen LogP) is 4.36. The third-order valence-corrected chi connectivity index (χ3v) is 3.94. The largest absolute Gasteiger partial charge is 0.500 e. The fraction of sp³-hybridized carbons (Fsp3) is 0.600. The topological polar surface area (TPSA) is 165 Å². The molecule has 1 aromatic heterocycles. The first kappa shape index (κ1) is 40.2. The number of aromatic nitrogens is 2. The van der Waals surface area contributed by atoms with Gasteiger partial charge in [0.2, 0.25) is 0 Å². The van der Waals surface area contributed by atoms with Crippen LogP contribution in [-0.2, 0) is 24.5 Å². The van der Waals surface area contributed by atoms with E-state index in [1.165, 1.54) is 20.0 Å². The van der Waals surface area contributed by atoms with Gasteiger partial charge in [-0.3, -0.25) is 19.8 Å². The van der Waals surface area contributed by atoms with E-state index in [1.54, 1.807) is 13.8 Å². The molecule has 0 saturated carbocycles. The second-order valence-corrected chi connectivity index (χ2v) is 9.21. The van der Waals surface area contributed by atoms with Gasteiger partial charge in [-0.2, -0.15) is 0 Å². The number of ketones is 2. The third-order valence-electron chi connectivity index (χ3n) is 3.94. The number of amidine groups is 1. The molecular weight excluding hydrogens is 488 g/mol. The van der Waals surface area contributed by atoms with Gasteiger partial charge in [0.15, 0.2) is 11.6 Å². The number of rotatable bonds is 6. The highest BCUT2D eigenvalue weighted by molar-refractivity contribution is 6.16. The molecule has 0 atom stereocenters. The van der Waals surface area contributed by atoms with Gasteiger partial charge in [-0.15, -0.1) is 12.4 Å². The van der Waals surface area contributed by atoms with Crippen molar-refractivity contribution in [2.24, 2.45) is 11.1 Å². The Bertz CT molecular complexity index is 941. The first-order valence-corrected chi connectivity index (χ1v) is 10.8. The van der Waals surface area contributed by atoms with Crippen molar-refractivity contribution >= 4 is 35.8 Å². The summed E-state index contributed by atoms with van der Waals surface area (Å²) in [6, 6.07) is 0. The zero-order chi connectivity index (χ0) is 27.3. The van der Waals surface area contributed by atoms with Crippen molar-refractivity contribution < 1.29 is 23.9 Å². The van der Waals surface area contributed by atoms with Crippen LogP contribution in [0.4, 0.5) is 0 Å². The van der Waals surface area contributed by atoms with Crippen molar-refractivity contribution in [3.63, 3.8) is 0 Å². The number of ether oxygens (including phenoxy) is 2. The first-order valence-electron chi connectivity index (χ1n) is 10.8. The number of aromatic amines is 1. The lowest BCUT2D eigenvalue weighted by Crippen LogP contribution is -2.27. The lowest BCUT2D eigenvalue weighted by Gasteiger charge is -2.16. The molecule has 0 saturated heterocycles. The summed E-state index contributed by atoms with van der Waals surface area (Å²) in [5.41, 5.74) is 4.49. The summed E-state index contributed by atoms with van der Waals surface area (Å²) in [5, 5.41) is 6.92. The molecule has 1 rings (SSSR count). The smallest absolute Gasteiger partial charge is 0.344 e. The molecule has 0 bridgehead atoms. The van der Waals surface area contributed by atoms with Crippen LogP contribution in [0.15, 0.2) is 22.8 Å². The molecule has 11 heteroatoms. The summed E-state index contributed by atoms with van der Waals surface area (Å²) in [4.78, 5) is 51.1. The number of nitrogens with zero attached hydrogens (tertiary/aromatic N) is 1. The van der Waals surface area contributed by atoms with Gasteiger partial charge < -0.3 is 20.2 Å². The number of nitrogens with one attached hydrogen (secondary N) is 2. The molecule has 36 heavy (non-hydrogen) atoms. The van der Waals surface area contributed by atoms with Crippen molar-refractivity contribution in [2.45, 2.75) is 82.1 Å². The molecule has 0 aromatic carbocycles. The van der Waals surface area contributed by atoms with Crippen molar-refractivity contribution in [3.8, 4) is 0 Å². The highest BCUT2D eigenvalue weighted by Crippen LogP contribution is 2.15. The molecule has 0 amide bonds. The maximum Gasteiger partial charge on any atom is 0.344 e. The second kappa shape index (κ2) is 18.3. The molecule has 0 spiro atoms. The Morgan fingerprint density at radius 3 is 1.83 bits per heavy atom. The summed E-state index contributed by atoms with van der Waals surface area (Å²) in [6.07, 6.45) is 2.47. The molecular formula is C25H45ClN4O6. The summed E-state index contributed by atoms with van der Waals surface area (Å²) in [6.45, 7) is 18.3. The van der Waals surface area contributed by atoms with Crippen LogP contribution in [0.25, 0.3) is 0 Å². The van der Waals surface area contributed by atoms with Crippen LogP contribution < -0.4 is 11.3 Å². The monoisotopic (exact) mass is 532 g/mol.